The van der Waals surface area contributed by atoms with E-state index >= 15 is 0 Å². The molecule has 1 aliphatic carbocycles. The standard InChI is InChI=1S/C18H28N4O/c1-21(14-15-6-5-7-15)18(23)20-13-16-8-9-19-17(12-16)22-10-3-2-4-11-22/h8-9,12,15H,2-7,10-11,13-14H2,1H3,(H,20,23). The Labute approximate surface area is 139 Å². The molecule has 1 aromatic heterocycles. The van der Waals surface area contributed by atoms with Gasteiger partial charge in [0.25, 0.3) is 0 Å². The average molecular weight is 316 g/mol. The van der Waals surface area contributed by atoms with E-state index in [1.807, 2.05) is 24.2 Å². The average Bonchev–Trinajstić information content (AvgIpc) is 2.57. The van der Waals surface area contributed by atoms with E-state index in [4.69, 9.17) is 0 Å². The van der Waals surface area contributed by atoms with Crippen LogP contribution in [0.3, 0.4) is 0 Å². The summed E-state index contributed by atoms with van der Waals surface area (Å²) in [6, 6.07) is 4.12. The minimum atomic E-state index is 0.0215. The van der Waals surface area contributed by atoms with E-state index in [1.54, 1.807) is 0 Å². The predicted molar refractivity (Wildman–Crippen MR) is 92.5 cm³/mol. The van der Waals surface area contributed by atoms with Crippen molar-refractivity contribution in [2.24, 2.45) is 5.92 Å². The molecule has 23 heavy (non-hydrogen) atoms. The highest BCUT2D eigenvalue weighted by molar-refractivity contribution is 5.73. The van der Waals surface area contributed by atoms with Crippen molar-refractivity contribution in [1.82, 2.24) is 15.2 Å². The van der Waals surface area contributed by atoms with Gasteiger partial charge in [-0.2, -0.15) is 0 Å². The highest BCUT2D eigenvalue weighted by Gasteiger charge is 2.21. The summed E-state index contributed by atoms with van der Waals surface area (Å²) in [6.07, 6.45) is 9.51. The summed E-state index contributed by atoms with van der Waals surface area (Å²) >= 11 is 0. The molecular formula is C18H28N4O. The van der Waals surface area contributed by atoms with Crippen molar-refractivity contribution in [1.29, 1.82) is 0 Å². The van der Waals surface area contributed by atoms with Gasteiger partial charge in [-0.05, 0) is 55.7 Å². The Bertz CT molecular complexity index is 524. The van der Waals surface area contributed by atoms with Crippen LogP contribution >= 0.6 is 0 Å². The van der Waals surface area contributed by atoms with Crippen LogP contribution in [-0.2, 0) is 6.54 Å². The van der Waals surface area contributed by atoms with Crippen LogP contribution in [0.25, 0.3) is 0 Å². The maximum absolute atomic E-state index is 12.2. The third-order valence-electron chi connectivity index (χ3n) is 5.04. The van der Waals surface area contributed by atoms with Crippen molar-refractivity contribution in [3.63, 3.8) is 0 Å². The van der Waals surface area contributed by atoms with Crippen LogP contribution in [0, 0.1) is 5.92 Å². The molecule has 3 rings (SSSR count). The molecule has 126 valence electrons. The third-order valence-corrected chi connectivity index (χ3v) is 5.04. The number of amides is 2. The zero-order valence-corrected chi connectivity index (χ0v) is 14.1. The first-order chi connectivity index (χ1) is 11.2. The van der Waals surface area contributed by atoms with E-state index < -0.39 is 0 Å². The highest BCUT2D eigenvalue weighted by atomic mass is 16.2. The number of anilines is 1. The quantitative estimate of drug-likeness (QED) is 0.908. The lowest BCUT2D eigenvalue weighted by Crippen LogP contribution is -2.40. The van der Waals surface area contributed by atoms with Crippen LogP contribution < -0.4 is 10.2 Å². The summed E-state index contributed by atoms with van der Waals surface area (Å²) in [5, 5.41) is 3.02. The second-order valence-electron chi connectivity index (χ2n) is 6.91. The fourth-order valence-electron chi connectivity index (χ4n) is 3.32. The number of nitrogens with zero attached hydrogens (tertiary/aromatic N) is 3. The first-order valence-electron chi connectivity index (χ1n) is 8.91. The molecule has 2 heterocycles. The number of hydrogen-bond donors (Lipinski definition) is 1. The summed E-state index contributed by atoms with van der Waals surface area (Å²) in [6.45, 7) is 3.62. The number of rotatable bonds is 5. The van der Waals surface area contributed by atoms with Gasteiger partial charge in [0, 0.05) is 39.4 Å². The maximum atomic E-state index is 12.2. The first kappa shape index (κ1) is 16.1. The molecule has 0 radical (unpaired) electrons. The molecule has 0 atom stereocenters. The molecule has 1 saturated heterocycles. The molecule has 2 amide bonds. The lowest BCUT2D eigenvalue weighted by molar-refractivity contribution is 0.182. The summed E-state index contributed by atoms with van der Waals surface area (Å²) < 4.78 is 0. The molecule has 1 aromatic rings. The van der Waals surface area contributed by atoms with Crippen LogP contribution in [-0.4, -0.2) is 42.6 Å². The van der Waals surface area contributed by atoms with Gasteiger partial charge >= 0.3 is 6.03 Å². The topological polar surface area (TPSA) is 48.5 Å². The highest BCUT2D eigenvalue weighted by Crippen LogP contribution is 2.26. The number of nitrogens with one attached hydrogen (secondary N) is 1. The minimum absolute atomic E-state index is 0.0215. The van der Waals surface area contributed by atoms with E-state index in [9.17, 15) is 4.79 Å². The van der Waals surface area contributed by atoms with Crippen molar-refractivity contribution in [2.75, 3.05) is 31.6 Å². The Morgan fingerprint density at radius 3 is 2.78 bits per heavy atom. The van der Waals surface area contributed by atoms with Crippen LogP contribution in [0.15, 0.2) is 18.3 Å². The molecule has 0 aromatic carbocycles. The normalized spacial score (nSPS) is 18.4. The van der Waals surface area contributed by atoms with Gasteiger partial charge in [-0.3, -0.25) is 0 Å². The van der Waals surface area contributed by atoms with E-state index in [0.29, 0.717) is 12.5 Å². The Morgan fingerprint density at radius 2 is 2.09 bits per heavy atom. The number of piperidine rings is 1. The molecule has 0 unspecified atom stereocenters. The molecule has 5 nitrogen and oxygen atoms in total. The summed E-state index contributed by atoms with van der Waals surface area (Å²) in [4.78, 5) is 20.8. The third kappa shape index (κ3) is 4.36. The SMILES string of the molecule is CN(CC1CCC1)C(=O)NCc1ccnc(N2CCCCC2)c1. The Morgan fingerprint density at radius 1 is 1.30 bits per heavy atom. The van der Waals surface area contributed by atoms with E-state index in [1.165, 1.54) is 38.5 Å². The van der Waals surface area contributed by atoms with Gasteiger partial charge in [0.1, 0.15) is 5.82 Å². The number of urea groups is 1. The lowest BCUT2D eigenvalue weighted by Gasteiger charge is -2.30. The van der Waals surface area contributed by atoms with Gasteiger partial charge in [-0.15, -0.1) is 0 Å². The summed E-state index contributed by atoms with van der Waals surface area (Å²) in [7, 11) is 1.89. The molecule has 5 heteroatoms. The second-order valence-corrected chi connectivity index (χ2v) is 6.91. The first-order valence-corrected chi connectivity index (χ1v) is 8.91. The van der Waals surface area contributed by atoms with Gasteiger partial charge < -0.3 is 15.1 Å². The van der Waals surface area contributed by atoms with Crippen LogP contribution in [0.5, 0.6) is 0 Å². The lowest BCUT2D eigenvalue weighted by atomic mass is 9.85. The minimum Gasteiger partial charge on any atom is -0.357 e. The largest absolute Gasteiger partial charge is 0.357 e. The van der Waals surface area contributed by atoms with Gasteiger partial charge in [0.05, 0.1) is 0 Å². The number of carbonyl (C=O) groups excluding carboxylic acids is 1. The molecule has 1 saturated carbocycles. The zero-order valence-electron chi connectivity index (χ0n) is 14.1. The number of carbonyl (C=O) groups is 1. The smallest absolute Gasteiger partial charge is 0.317 e. The van der Waals surface area contributed by atoms with Crippen molar-refractivity contribution in [2.45, 2.75) is 45.1 Å². The summed E-state index contributed by atoms with van der Waals surface area (Å²) in [5.41, 5.74) is 1.12. The number of hydrogen-bond acceptors (Lipinski definition) is 3. The number of pyridine rings is 1. The van der Waals surface area contributed by atoms with Crippen LogP contribution in [0.4, 0.5) is 10.6 Å². The molecule has 1 aliphatic heterocycles. The van der Waals surface area contributed by atoms with Crippen molar-refractivity contribution in [3.8, 4) is 0 Å². The van der Waals surface area contributed by atoms with E-state index in [-0.39, 0.29) is 6.03 Å². The molecule has 0 spiro atoms. The molecular weight excluding hydrogens is 288 g/mol. The predicted octanol–water partition coefficient (Wildman–Crippen LogP) is 3.01. The van der Waals surface area contributed by atoms with Crippen molar-refractivity contribution >= 4 is 11.8 Å². The van der Waals surface area contributed by atoms with Crippen LogP contribution in [0.2, 0.25) is 0 Å². The second kappa shape index (κ2) is 7.66. The van der Waals surface area contributed by atoms with Crippen LogP contribution in [0.1, 0.15) is 44.1 Å². The molecule has 2 aliphatic rings. The zero-order chi connectivity index (χ0) is 16.1. The van der Waals surface area contributed by atoms with Gasteiger partial charge in [0.15, 0.2) is 0 Å². The van der Waals surface area contributed by atoms with Gasteiger partial charge in [-0.25, -0.2) is 9.78 Å². The Kier molecular flexibility index (Phi) is 5.36. The fourth-order valence-corrected chi connectivity index (χ4v) is 3.32. The van der Waals surface area contributed by atoms with E-state index in [0.717, 1.165) is 31.0 Å². The fraction of sp³-hybridized carbons (Fsp3) is 0.667. The summed E-state index contributed by atoms with van der Waals surface area (Å²) in [5.74, 6) is 1.75. The van der Waals surface area contributed by atoms with Gasteiger partial charge in [0.2, 0.25) is 0 Å². The monoisotopic (exact) mass is 316 g/mol. The molecule has 0 bridgehead atoms. The maximum Gasteiger partial charge on any atom is 0.317 e. The van der Waals surface area contributed by atoms with E-state index in [2.05, 4.69) is 21.3 Å². The Hall–Kier alpha value is -1.78. The van der Waals surface area contributed by atoms with Gasteiger partial charge in [-0.1, -0.05) is 6.42 Å². The molecule has 1 N–H and O–H groups in total. The number of aromatic nitrogens is 1. The Balaban J connectivity index is 1.50. The molecule has 2 fully saturated rings. The van der Waals surface area contributed by atoms with Crippen molar-refractivity contribution in [3.05, 3.63) is 23.9 Å². The van der Waals surface area contributed by atoms with Crippen molar-refractivity contribution < 1.29 is 4.79 Å².